The number of likely N-dealkylation sites (N-methyl/N-ethyl adjacent to an activating group) is 1. The summed E-state index contributed by atoms with van der Waals surface area (Å²) >= 11 is 5.92. The van der Waals surface area contributed by atoms with Crippen LogP contribution in [-0.2, 0) is 6.18 Å². The predicted octanol–water partition coefficient (Wildman–Crippen LogP) is 3.51. The van der Waals surface area contributed by atoms with Crippen LogP contribution < -0.4 is 5.32 Å². The van der Waals surface area contributed by atoms with E-state index in [2.05, 4.69) is 20.6 Å². The Bertz CT molecular complexity index is 891. The fourth-order valence-corrected chi connectivity index (χ4v) is 2.67. The summed E-state index contributed by atoms with van der Waals surface area (Å²) < 4.78 is 39.6. The smallest absolute Gasteiger partial charge is 0.367 e. The fourth-order valence-electron chi connectivity index (χ4n) is 2.54. The Morgan fingerprint density at radius 3 is 2.42 bits per heavy atom. The van der Waals surface area contributed by atoms with Gasteiger partial charge in [-0.15, -0.1) is 15.3 Å². The van der Waals surface area contributed by atoms with E-state index in [-0.39, 0.29) is 11.7 Å². The number of nitrogens with one attached hydrogen (secondary N) is 1. The summed E-state index contributed by atoms with van der Waals surface area (Å²) in [6.45, 7) is 0.441. The van der Waals surface area contributed by atoms with Crippen LogP contribution in [0.5, 0.6) is 0 Å². The van der Waals surface area contributed by atoms with Crippen LogP contribution in [0.1, 0.15) is 17.4 Å². The van der Waals surface area contributed by atoms with Gasteiger partial charge in [-0.2, -0.15) is 17.7 Å². The fraction of sp³-hybridized carbons (Fsp3) is 0.312. The van der Waals surface area contributed by atoms with Gasteiger partial charge in [0.15, 0.2) is 5.65 Å². The van der Waals surface area contributed by atoms with Gasteiger partial charge in [0, 0.05) is 11.6 Å². The number of fused-ring (bicyclic) bond motifs is 1. The van der Waals surface area contributed by atoms with Crippen LogP contribution in [-0.4, -0.2) is 45.4 Å². The third-order valence-electron chi connectivity index (χ3n) is 3.87. The van der Waals surface area contributed by atoms with E-state index in [0.717, 1.165) is 5.56 Å². The van der Waals surface area contributed by atoms with Crippen LogP contribution in [0.25, 0.3) is 5.65 Å². The number of alkyl halides is 3. The molecule has 0 aliphatic rings. The number of aromatic nitrogens is 4. The molecule has 1 aromatic carbocycles. The lowest BCUT2D eigenvalue weighted by Crippen LogP contribution is -2.27. The van der Waals surface area contributed by atoms with Crippen molar-refractivity contribution in [3.63, 3.8) is 0 Å². The van der Waals surface area contributed by atoms with E-state index in [9.17, 15) is 13.2 Å². The van der Waals surface area contributed by atoms with Crippen LogP contribution in [0.2, 0.25) is 5.02 Å². The van der Waals surface area contributed by atoms with Crippen molar-refractivity contribution >= 4 is 23.1 Å². The van der Waals surface area contributed by atoms with Gasteiger partial charge in [-0.1, -0.05) is 23.7 Å². The van der Waals surface area contributed by atoms with Crippen molar-refractivity contribution in [3.05, 3.63) is 52.8 Å². The zero-order chi connectivity index (χ0) is 18.9. The normalized spacial score (nSPS) is 13.3. The largest absolute Gasteiger partial charge is 0.453 e. The van der Waals surface area contributed by atoms with Crippen LogP contribution in [0.3, 0.4) is 0 Å². The number of hydrogen-bond donors (Lipinski definition) is 1. The van der Waals surface area contributed by atoms with Gasteiger partial charge in [-0.05, 0) is 43.9 Å². The average Bonchev–Trinajstić information content (AvgIpc) is 3.00. The molecule has 0 fully saturated rings. The van der Waals surface area contributed by atoms with Crippen molar-refractivity contribution in [1.82, 2.24) is 24.7 Å². The number of benzene rings is 1. The van der Waals surface area contributed by atoms with Gasteiger partial charge in [0.1, 0.15) is 5.82 Å². The first-order valence-corrected chi connectivity index (χ1v) is 8.09. The van der Waals surface area contributed by atoms with Crippen LogP contribution in [0, 0.1) is 0 Å². The summed E-state index contributed by atoms with van der Waals surface area (Å²) in [6.07, 6.45) is -4.62. The average molecular weight is 385 g/mol. The molecule has 1 unspecified atom stereocenters. The molecule has 0 spiro atoms. The van der Waals surface area contributed by atoms with Gasteiger partial charge in [-0.3, -0.25) is 0 Å². The Balaban J connectivity index is 1.82. The molecule has 3 rings (SSSR count). The maximum Gasteiger partial charge on any atom is 0.453 e. The van der Waals surface area contributed by atoms with Gasteiger partial charge < -0.3 is 10.2 Å². The van der Waals surface area contributed by atoms with Crippen molar-refractivity contribution < 1.29 is 13.2 Å². The monoisotopic (exact) mass is 384 g/mol. The molecule has 0 saturated heterocycles. The molecule has 0 bridgehead atoms. The topological polar surface area (TPSA) is 58.3 Å². The molecule has 0 aliphatic heterocycles. The lowest BCUT2D eigenvalue weighted by atomic mass is 10.1. The van der Waals surface area contributed by atoms with Crippen molar-refractivity contribution in [1.29, 1.82) is 0 Å². The van der Waals surface area contributed by atoms with E-state index < -0.39 is 12.0 Å². The Morgan fingerprint density at radius 2 is 1.81 bits per heavy atom. The minimum absolute atomic E-state index is 0.0206. The van der Waals surface area contributed by atoms with E-state index >= 15 is 0 Å². The maximum absolute atomic E-state index is 13.0. The molecule has 1 N–H and O–H groups in total. The molecule has 0 radical (unpaired) electrons. The lowest BCUT2D eigenvalue weighted by Gasteiger charge is -2.25. The first kappa shape index (κ1) is 18.4. The number of hydrogen-bond acceptors (Lipinski definition) is 5. The predicted molar refractivity (Wildman–Crippen MR) is 92.2 cm³/mol. The van der Waals surface area contributed by atoms with Crippen molar-refractivity contribution in [2.24, 2.45) is 0 Å². The van der Waals surface area contributed by atoms with Crippen molar-refractivity contribution in [2.75, 3.05) is 26.0 Å². The lowest BCUT2D eigenvalue weighted by molar-refractivity contribution is -0.146. The SMILES string of the molecule is CN(C)C(CNc1ccc2nnc(C(F)(F)F)n2n1)c1ccc(Cl)cc1. The van der Waals surface area contributed by atoms with Gasteiger partial charge in [0.05, 0.1) is 6.04 Å². The van der Waals surface area contributed by atoms with Crippen LogP contribution in [0.15, 0.2) is 36.4 Å². The van der Waals surface area contributed by atoms with E-state index in [1.807, 2.05) is 31.1 Å². The van der Waals surface area contributed by atoms with E-state index in [1.54, 1.807) is 18.2 Å². The molecule has 0 amide bonds. The molecule has 1 atom stereocenters. The molecule has 10 heteroatoms. The molecule has 26 heavy (non-hydrogen) atoms. The summed E-state index contributed by atoms with van der Waals surface area (Å²) in [5.41, 5.74) is 1.05. The number of nitrogens with zero attached hydrogens (tertiary/aromatic N) is 5. The van der Waals surface area contributed by atoms with Crippen molar-refractivity contribution in [3.8, 4) is 0 Å². The molecular weight excluding hydrogens is 369 g/mol. The highest BCUT2D eigenvalue weighted by Crippen LogP contribution is 2.27. The maximum atomic E-state index is 13.0. The summed E-state index contributed by atoms with van der Waals surface area (Å²) in [5.74, 6) is -0.860. The molecule has 2 aromatic heterocycles. The van der Waals surface area contributed by atoms with Crippen molar-refractivity contribution in [2.45, 2.75) is 12.2 Å². The second-order valence-corrected chi connectivity index (χ2v) is 6.36. The van der Waals surface area contributed by atoms with Crippen LogP contribution >= 0.6 is 11.6 Å². The third-order valence-corrected chi connectivity index (χ3v) is 4.12. The van der Waals surface area contributed by atoms with Gasteiger partial charge in [-0.25, -0.2) is 0 Å². The number of halogens is 4. The molecule has 2 heterocycles. The number of anilines is 1. The first-order chi connectivity index (χ1) is 12.3. The van der Waals surface area contributed by atoms with Gasteiger partial charge >= 0.3 is 6.18 Å². The summed E-state index contributed by atoms with van der Waals surface area (Å²) in [4.78, 5) is 1.99. The van der Waals surface area contributed by atoms with Gasteiger partial charge in [0.25, 0.3) is 5.82 Å². The quantitative estimate of drug-likeness (QED) is 0.729. The zero-order valence-corrected chi connectivity index (χ0v) is 14.8. The number of rotatable bonds is 5. The molecular formula is C16H16ClF3N6. The molecule has 3 aromatic rings. The molecule has 0 saturated carbocycles. The van der Waals surface area contributed by atoms with Gasteiger partial charge in [0.2, 0.25) is 0 Å². The first-order valence-electron chi connectivity index (χ1n) is 7.71. The third kappa shape index (κ3) is 3.88. The standard InChI is InChI=1S/C16H16ClF3N6/c1-25(2)12(10-3-5-11(17)6-4-10)9-21-13-7-8-14-22-23-15(16(18,19)20)26(14)24-13/h3-8,12H,9H2,1-2H3,(H,21,24). The molecule has 138 valence electrons. The van der Waals surface area contributed by atoms with E-state index in [1.165, 1.54) is 6.07 Å². The Kier molecular flexibility index (Phi) is 5.01. The summed E-state index contributed by atoms with van der Waals surface area (Å²) in [5, 5.41) is 14.3. The Hall–Kier alpha value is -2.39. The second-order valence-electron chi connectivity index (χ2n) is 5.92. The summed E-state index contributed by atoms with van der Waals surface area (Å²) in [6, 6.07) is 10.4. The Labute approximate surface area is 152 Å². The molecule has 6 nitrogen and oxygen atoms in total. The highest BCUT2D eigenvalue weighted by Gasteiger charge is 2.37. The minimum atomic E-state index is -4.62. The highest BCUT2D eigenvalue weighted by atomic mass is 35.5. The Morgan fingerprint density at radius 1 is 1.12 bits per heavy atom. The second kappa shape index (κ2) is 7.08. The summed E-state index contributed by atoms with van der Waals surface area (Å²) in [7, 11) is 3.83. The highest BCUT2D eigenvalue weighted by molar-refractivity contribution is 6.30. The molecule has 0 aliphatic carbocycles. The van der Waals surface area contributed by atoms with Crippen LogP contribution in [0.4, 0.5) is 19.0 Å². The van der Waals surface area contributed by atoms with E-state index in [4.69, 9.17) is 11.6 Å². The zero-order valence-electron chi connectivity index (χ0n) is 14.0. The minimum Gasteiger partial charge on any atom is -0.367 e. The van der Waals surface area contributed by atoms with E-state index in [0.29, 0.717) is 21.9 Å².